The number of aliphatic hydroxyl groups is 1. The Morgan fingerprint density at radius 3 is 2.51 bits per heavy atom. The zero-order valence-electron chi connectivity index (χ0n) is 23.5. The summed E-state index contributed by atoms with van der Waals surface area (Å²) in [5, 5.41) is 10.7. The highest BCUT2D eigenvalue weighted by atomic mass is 16.5. The zero-order chi connectivity index (χ0) is 26.0. The summed E-state index contributed by atoms with van der Waals surface area (Å²) in [6, 6.07) is 10.2. The topological polar surface area (TPSA) is 46.5 Å². The van der Waals surface area contributed by atoms with Crippen molar-refractivity contribution in [3.8, 4) is 0 Å². The van der Waals surface area contributed by atoms with E-state index < -0.39 is 0 Å². The molecule has 0 heterocycles. The Labute approximate surface area is 224 Å². The molecule has 3 nitrogen and oxygen atoms in total. The first kappa shape index (κ1) is 25.7. The number of aliphatic hydroxyl groups excluding tert-OH is 1. The molecule has 4 saturated carbocycles. The second-order valence-corrected chi connectivity index (χ2v) is 14.3. The van der Waals surface area contributed by atoms with Gasteiger partial charge in [0.1, 0.15) is 6.61 Å². The fourth-order valence-electron chi connectivity index (χ4n) is 10.9. The number of fused-ring (bicyclic) bond motifs is 7. The van der Waals surface area contributed by atoms with E-state index in [1.165, 1.54) is 19.3 Å². The number of hydrogen-bond donors (Lipinski definition) is 1. The Bertz CT molecular complexity index is 1050. The smallest absolute Gasteiger partial charge is 0.313 e. The van der Waals surface area contributed by atoms with Gasteiger partial charge in [-0.2, -0.15) is 0 Å². The molecular formula is C34H48O3. The van der Waals surface area contributed by atoms with Crippen LogP contribution in [0.5, 0.6) is 0 Å². The molecule has 5 aliphatic carbocycles. The van der Waals surface area contributed by atoms with Gasteiger partial charge in [-0.1, -0.05) is 82.5 Å². The van der Waals surface area contributed by atoms with E-state index in [0.29, 0.717) is 52.9 Å². The van der Waals surface area contributed by atoms with E-state index in [4.69, 9.17) is 4.74 Å². The quantitative estimate of drug-likeness (QED) is 0.338. The van der Waals surface area contributed by atoms with Crippen molar-refractivity contribution in [1.29, 1.82) is 0 Å². The molecule has 0 bridgehead atoms. The van der Waals surface area contributed by atoms with Crippen LogP contribution in [0.2, 0.25) is 0 Å². The summed E-state index contributed by atoms with van der Waals surface area (Å²) in [5.41, 5.74) is 2.97. The molecule has 0 saturated heterocycles. The number of carbonyl (C=O) groups excluding carboxylic acids is 1. The third-order valence-electron chi connectivity index (χ3n) is 12.7. The van der Waals surface area contributed by atoms with E-state index in [1.807, 2.05) is 18.2 Å². The molecule has 0 radical (unpaired) electrons. The average molecular weight is 505 g/mol. The predicted octanol–water partition coefficient (Wildman–Crippen LogP) is 7.72. The Morgan fingerprint density at radius 1 is 0.973 bits per heavy atom. The lowest BCUT2D eigenvalue weighted by atomic mass is 9.38. The third-order valence-corrected chi connectivity index (χ3v) is 12.7. The second kappa shape index (κ2) is 9.25. The number of carbonyl (C=O) groups is 1. The van der Waals surface area contributed by atoms with Gasteiger partial charge in [-0.3, -0.25) is 4.79 Å². The maximum atomic E-state index is 13.9. The monoisotopic (exact) mass is 504 g/mol. The van der Waals surface area contributed by atoms with Crippen molar-refractivity contribution < 1.29 is 14.6 Å². The van der Waals surface area contributed by atoms with Crippen molar-refractivity contribution in [3.63, 3.8) is 0 Å². The Balaban J connectivity index is 1.31. The van der Waals surface area contributed by atoms with E-state index in [1.54, 1.807) is 5.57 Å². The van der Waals surface area contributed by atoms with Crippen molar-refractivity contribution in [2.75, 3.05) is 0 Å². The van der Waals surface area contributed by atoms with Gasteiger partial charge >= 0.3 is 5.97 Å². The lowest BCUT2D eigenvalue weighted by Crippen LogP contribution is -2.60. The number of allylic oxidation sites excluding steroid dienone is 2. The lowest BCUT2D eigenvalue weighted by molar-refractivity contribution is -0.176. The molecule has 5 aliphatic rings. The SMILES string of the molecule is CC1CCCC2(C(=O)OCc3ccccc3)CCC3C(=CCC4C3(C)CCC3C(C)C(O)CCC34C)C12. The van der Waals surface area contributed by atoms with Gasteiger partial charge in [-0.15, -0.1) is 0 Å². The van der Waals surface area contributed by atoms with Crippen LogP contribution in [0.25, 0.3) is 0 Å². The highest BCUT2D eigenvalue weighted by Crippen LogP contribution is 2.70. The predicted molar refractivity (Wildman–Crippen MR) is 147 cm³/mol. The second-order valence-electron chi connectivity index (χ2n) is 14.3. The van der Waals surface area contributed by atoms with E-state index in [2.05, 4.69) is 45.9 Å². The molecule has 4 fully saturated rings. The van der Waals surface area contributed by atoms with E-state index >= 15 is 0 Å². The van der Waals surface area contributed by atoms with E-state index in [9.17, 15) is 9.90 Å². The summed E-state index contributed by atoms with van der Waals surface area (Å²) >= 11 is 0. The van der Waals surface area contributed by atoms with Gasteiger partial charge in [0.2, 0.25) is 0 Å². The van der Waals surface area contributed by atoms with Crippen LogP contribution in [0.3, 0.4) is 0 Å². The summed E-state index contributed by atoms with van der Waals surface area (Å²) in [4.78, 5) is 13.9. The normalized spacial score (nSPS) is 46.9. The molecule has 0 spiro atoms. The van der Waals surface area contributed by atoms with Crippen LogP contribution in [0.15, 0.2) is 42.0 Å². The fraction of sp³-hybridized carbons (Fsp3) is 0.735. The Morgan fingerprint density at radius 2 is 1.73 bits per heavy atom. The van der Waals surface area contributed by atoms with Crippen molar-refractivity contribution in [2.24, 2.45) is 51.8 Å². The molecule has 0 amide bonds. The molecule has 0 aromatic heterocycles. The highest BCUT2D eigenvalue weighted by Gasteiger charge is 2.64. The minimum atomic E-state index is -0.345. The molecule has 6 rings (SSSR count). The van der Waals surface area contributed by atoms with Gasteiger partial charge in [0.25, 0.3) is 0 Å². The van der Waals surface area contributed by atoms with Crippen molar-refractivity contribution in [1.82, 2.24) is 0 Å². The summed E-state index contributed by atoms with van der Waals surface area (Å²) in [5.74, 6) is 3.23. The summed E-state index contributed by atoms with van der Waals surface area (Å²) in [6.07, 6.45) is 13.7. The van der Waals surface area contributed by atoms with Gasteiger partial charge in [-0.05, 0) is 103 Å². The first-order valence-electron chi connectivity index (χ1n) is 15.3. The van der Waals surface area contributed by atoms with Crippen LogP contribution in [-0.2, 0) is 16.1 Å². The Hall–Kier alpha value is -1.61. The van der Waals surface area contributed by atoms with Crippen LogP contribution in [-0.4, -0.2) is 17.2 Å². The lowest BCUT2D eigenvalue weighted by Gasteiger charge is -2.66. The number of benzene rings is 1. The van der Waals surface area contributed by atoms with Gasteiger partial charge < -0.3 is 9.84 Å². The molecule has 1 N–H and O–H groups in total. The van der Waals surface area contributed by atoms with E-state index in [0.717, 1.165) is 50.5 Å². The molecule has 10 atom stereocenters. The zero-order valence-corrected chi connectivity index (χ0v) is 23.5. The van der Waals surface area contributed by atoms with Crippen LogP contribution in [0.4, 0.5) is 0 Å². The standard InChI is InChI=1S/C34H48O3/c1-22-9-8-17-34(31(36)37-21-24-10-6-5-7-11-24)20-15-27-25(30(22)34)12-13-29-32(3)19-16-28(35)23(2)26(32)14-18-33(27,29)4/h5-7,10-12,22-23,26-30,35H,8-9,13-21H2,1-4H3. The van der Waals surface area contributed by atoms with E-state index in [-0.39, 0.29) is 17.5 Å². The van der Waals surface area contributed by atoms with Gasteiger partial charge in [-0.25, -0.2) is 0 Å². The summed E-state index contributed by atoms with van der Waals surface area (Å²) in [7, 11) is 0. The van der Waals surface area contributed by atoms with Crippen molar-refractivity contribution in [3.05, 3.63) is 47.5 Å². The largest absolute Gasteiger partial charge is 0.460 e. The number of rotatable bonds is 3. The summed E-state index contributed by atoms with van der Waals surface area (Å²) < 4.78 is 6.11. The third kappa shape index (κ3) is 3.80. The van der Waals surface area contributed by atoms with Crippen LogP contribution in [0, 0.1) is 51.8 Å². The number of esters is 1. The first-order chi connectivity index (χ1) is 17.7. The molecule has 0 aliphatic heterocycles. The highest BCUT2D eigenvalue weighted by molar-refractivity contribution is 5.78. The summed E-state index contributed by atoms with van der Waals surface area (Å²) in [6.45, 7) is 10.3. The van der Waals surface area contributed by atoms with Gasteiger partial charge in [0.05, 0.1) is 11.5 Å². The number of ether oxygens (including phenoxy) is 1. The maximum Gasteiger partial charge on any atom is 0.313 e. The van der Waals surface area contributed by atoms with Crippen molar-refractivity contribution in [2.45, 2.75) is 105 Å². The Kier molecular flexibility index (Phi) is 6.41. The van der Waals surface area contributed by atoms with Crippen LogP contribution >= 0.6 is 0 Å². The van der Waals surface area contributed by atoms with Crippen molar-refractivity contribution >= 4 is 5.97 Å². The fourth-order valence-corrected chi connectivity index (χ4v) is 10.9. The maximum absolute atomic E-state index is 13.9. The molecule has 37 heavy (non-hydrogen) atoms. The van der Waals surface area contributed by atoms with Crippen LogP contribution in [0.1, 0.15) is 97.5 Å². The van der Waals surface area contributed by atoms with Gasteiger partial charge in [0, 0.05) is 0 Å². The van der Waals surface area contributed by atoms with Crippen LogP contribution < -0.4 is 0 Å². The average Bonchev–Trinajstić information content (AvgIpc) is 2.89. The molecule has 1 aromatic carbocycles. The molecule has 202 valence electrons. The minimum absolute atomic E-state index is 0.0605. The molecule has 10 unspecified atom stereocenters. The van der Waals surface area contributed by atoms with Gasteiger partial charge in [0.15, 0.2) is 0 Å². The first-order valence-corrected chi connectivity index (χ1v) is 15.3. The molecular weight excluding hydrogens is 456 g/mol. The molecule has 3 heteroatoms. The molecule has 1 aromatic rings. The number of hydrogen-bond acceptors (Lipinski definition) is 3. The minimum Gasteiger partial charge on any atom is -0.460 e.